The number of hydrogen-bond acceptors (Lipinski definition) is 3. The van der Waals surface area contributed by atoms with Gasteiger partial charge in [-0.25, -0.2) is 0 Å². The summed E-state index contributed by atoms with van der Waals surface area (Å²) in [6, 6.07) is 4.11. The lowest BCUT2D eigenvalue weighted by Gasteiger charge is -2.43. The Bertz CT molecular complexity index is 485. The van der Waals surface area contributed by atoms with Gasteiger partial charge in [0.2, 0.25) is 5.91 Å². The van der Waals surface area contributed by atoms with Crippen molar-refractivity contribution in [3.05, 3.63) is 30.1 Å². The Morgan fingerprint density at radius 2 is 2.14 bits per heavy atom. The first-order valence-corrected chi connectivity index (χ1v) is 7.93. The molecule has 4 nitrogen and oxygen atoms in total. The van der Waals surface area contributed by atoms with Gasteiger partial charge in [0.1, 0.15) is 0 Å². The molecule has 0 atom stereocenters. The lowest BCUT2D eigenvalue weighted by Crippen LogP contribution is -2.51. The number of pyridine rings is 1. The average Bonchev–Trinajstić information content (AvgIpc) is 2.46. The molecule has 3 rings (SSSR count). The van der Waals surface area contributed by atoms with Crippen LogP contribution in [-0.2, 0) is 11.2 Å². The van der Waals surface area contributed by atoms with E-state index in [2.05, 4.69) is 11.1 Å². The largest absolute Gasteiger partial charge is 0.390 e. The van der Waals surface area contributed by atoms with Crippen LogP contribution in [-0.4, -0.2) is 39.6 Å². The number of piperidine rings is 1. The third kappa shape index (κ3) is 3.43. The second-order valence-electron chi connectivity index (χ2n) is 6.94. The van der Waals surface area contributed by atoms with E-state index in [0.717, 1.165) is 32.4 Å². The van der Waals surface area contributed by atoms with Crippen molar-refractivity contribution in [3.63, 3.8) is 0 Å². The van der Waals surface area contributed by atoms with Crippen molar-refractivity contribution in [1.82, 2.24) is 9.88 Å². The Labute approximate surface area is 126 Å². The van der Waals surface area contributed by atoms with E-state index in [0.29, 0.717) is 18.8 Å². The van der Waals surface area contributed by atoms with Crippen LogP contribution in [0.4, 0.5) is 0 Å². The number of likely N-dealkylation sites (tertiary alicyclic amines) is 1. The highest BCUT2D eigenvalue weighted by Crippen LogP contribution is 2.39. The molecule has 4 heteroatoms. The number of carbonyl (C=O) groups is 1. The van der Waals surface area contributed by atoms with Crippen LogP contribution in [0.1, 0.15) is 38.2 Å². The van der Waals surface area contributed by atoms with E-state index in [4.69, 9.17) is 0 Å². The third-order valence-corrected chi connectivity index (χ3v) is 4.89. The highest BCUT2D eigenvalue weighted by Gasteiger charge is 2.44. The average molecular weight is 288 g/mol. The molecule has 114 valence electrons. The zero-order valence-electron chi connectivity index (χ0n) is 12.7. The maximum Gasteiger partial charge on any atom is 0.225 e. The van der Waals surface area contributed by atoms with E-state index >= 15 is 0 Å². The smallest absolute Gasteiger partial charge is 0.225 e. The number of carbonyl (C=O) groups excluding carboxylic acids is 1. The van der Waals surface area contributed by atoms with E-state index in [1.165, 1.54) is 5.56 Å². The van der Waals surface area contributed by atoms with Crippen molar-refractivity contribution in [2.75, 3.05) is 13.1 Å². The number of rotatable bonds is 3. The van der Waals surface area contributed by atoms with Crippen LogP contribution >= 0.6 is 0 Å². The molecule has 0 bridgehead atoms. The van der Waals surface area contributed by atoms with E-state index in [9.17, 15) is 9.90 Å². The van der Waals surface area contributed by atoms with Gasteiger partial charge in [-0.15, -0.1) is 0 Å². The minimum absolute atomic E-state index is 0.0508. The second-order valence-corrected chi connectivity index (χ2v) is 6.94. The number of aliphatic hydroxyl groups is 1. The number of amides is 1. The summed E-state index contributed by atoms with van der Waals surface area (Å²) < 4.78 is 0. The van der Waals surface area contributed by atoms with E-state index in [1.807, 2.05) is 24.1 Å². The van der Waals surface area contributed by atoms with Gasteiger partial charge in [-0.05, 0) is 56.6 Å². The molecule has 0 radical (unpaired) electrons. The van der Waals surface area contributed by atoms with E-state index in [-0.39, 0.29) is 11.8 Å². The van der Waals surface area contributed by atoms with Crippen LogP contribution in [0.3, 0.4) is 0 Å². The van der Waals surface area contributed by atoms with Gasteiger partial charge in [-0.2, -0.15) is 0 Å². The predicted molar refractivity (Wildman–Crippen MR) is 80.6 cm³/mol. The summed E-state index contributed by atoms with van der Waals surface area (Å²) in [6.07, 6.45) is 8.21. The molecule has 0 spiro atoms. The molecule has 1 aromatic rings. The number of nitrogens with zero attached hydrogens (tertiary/aromatic N) is 2. The van der Waals surface area contributed by atoms with Gasteiger partial charge >= 0.3 is 0 Å². The minimum Gasteiger partial charge on any atom is -0.390 e. The first kappa shape index (κ1) is 14.5. The van der Waals surface area contributed by atoms with Crippen molar-refractivity contribution in [2.24, 2.45) is 11.8 Å². The molecule has 1 saturated carbocycles. The van der Waals surface area contributed by atoms with Crippen LogP contribution in [0.5, 0.6) is 0 Å². The highest BCUT2D eigenvalue weighted by molar-refractivity contribution is 5.80. The molecule has 2 heterocycles. The normalized spacial score (nSPS) is 30.0. The van der Waals surface area contributed by atoms with Crippen LogP contribution in [0.15, 0.2) is 24.5 Å². The first-order chi connectivity index (χ1) is 10.0. The van der Waals surface area contributed by atoms with E-state index < -0.39 is 5.60 Å². The summed E-state index contributed by atoms with van der Waals surface area (Å²) in [5, 5.41) is 9.76. The Hall–Kier alpha value is -1.42. The fourth-order valence-corrected chi connectivity index (χ4v) is 3.64. The molecule has 2 aliphatic rings. The molecular formula is C17H24N2O2. The minimum atomic E-state index is -0.612. The maximum atomic E-state index is 12.3. The summed E-state index contributed by atoms with van der Waals surface area (Å²) in [6.45, 7) is 3.54. The molecule has 1 aromatic heterocycles. The Morgan fingerprint density at radius 3 is 2.71 bits per heavy atom. The van der Waals surface area contributed by atoms with Crippen LogP contribution in [0.2, 0.25) is 0 Å². The standard InChI is InChI=1S/C17H24N2O2/c1-17(21)10-15(11-17)16(20)19-7-4-13(5-8-19)9-14-3-2-6-18-12-14/h2-3,6,12-13,15,21H,4-5,7-11H2,1H3/t15-,17+. The van der Waals surface area contributed by atoms with Crippen molar-refractivity contribution in [3.8, 4) is 0 Å². The summed E-state index contributed by atoms with van der Waals surface area (Å²) in [5.74, 6) is 0.957. The molecule has 1 N–H and O–H groups in total. The maximum absolute atomic E-state index is 12.3. The SMILES string of the molecule is C[C@]1(O)C[C@@H](C(=O)N2CCC(Cc3cccnc3)CC2)C1. The van der Waals surface area contributed by atoms with Crippen molar-refractivity contribution in [2.45, 2.75) is 44.6 Å². The molecular weight excluding hydrogens is 264 g/mol. The Morgan fingerprint density at radius 1 is 1.43 bits per heavy atom. The van der Waals surface area contributed by atoms with Gasteiger partial charge in [-0.1, -0.05) is 6.07 Å². The number of aromatic nitrogens is 1. The fourth-order valence-electron chi connectivity index (χ4n) is 3.64. The van der Waals surface area contributed by atoms with Crippen LogP contribution < -0.4 is 0 Å². The lowest BCUT2D eigenvalue weighted by molar-refractivity contribution is -0.151. The quantitative estimate of drug-likeness (QED) is 0.926. The van der Waals surface area contributed by atoms with Crippen molar-refractivity contribution in [1.29, 1.82) is 0 Å². The first-order valence-electron chi connectivity index (χ1n) is 7.93. The van der Waals surface area contributed by atoms with Gasteiger partial charge in [-0.3, -0.25) is 9.78 Å². The lowest BCUT2D eigenvalue weighted by atomic mass is 9.71. The molecule has 0 unspecified atom stereocenters. The third-order valence-electron chi connectivity index (χ3n) is 4.89. The van der Waals surface area contributed by atoms with E-state index in [1.54, 1.807) is 6.20 Å². The molecule has 1 aliphatic heterocycles. The zero-order chi connectivity index (χ0) is 14.9. The van der Waals surface area contributed by atoms with Crippen LogP contribution in [0, 0.1) is 11.8 Å². The van der Waals surface area contributed by atoms with Crippen molar-refractivity contribution >= 4 is 5.91 Å². The Balaban J connectivity index is 1.46. The molecule has 1 saturated heterocycles. The van der Waals surface area contributed by atoms with Crippen molar-refractivity contribution < 1.29 is 9.90 Å². The molecule has 2 fully saturated rings. The Kier molecular flexibility index (Phi) is 3.98. The topological polar surface area (TPSA) is 53.4 Å². The molecule has 1 aliphatic carbocycles. The molecule has 1 amide bonds. The summed E-state index contributed by atoms with van der Waals surface area (Å²) >= 11 is 0. The second kappa shape index (κ2) is 5.76. The van der Waals surface area contributed by atoms with Gasteiger partial charge in [0.05, 0.1) is 5.60 Å². The predicted octanol–water partition coefficient (Wildman–Crippen LogP) is 2.02. The monoisotopic (exact) mass is 288 g/mol. The summed E-state index contributed by atoms with van der Waals surface area (Å²) in [4.78, 5) is 18.5. The van der Waals surface area contributed by atoms with Gasteiger partial charge in [0.15, 0.2) is 0 Å². The van der Waals surface area contributed by atoms with Gasteiger partial charge in [0.25, 0.3) is 0 Å². The highest BCUT2D eigenvalue weighted by atomic mass is 16.3. The molecule has 0 aromatic carbocycles. The summed E-state index contributed by atoms with van der Waals surface area (Å²) in [5.41, 5.74) is 0.677. The van der Waals surface area contributed by atoms with Gasteiger partial charge < -0.3 is 10.0 Å². The van der Waals surface area contributed by atoms with Crippen LogP contribution in [0.25, 0.3) is 0 Å². The zero-order valence-corrected chi connectivity index (χ0v) is 12.7. The number of hydrogen-bond donors (Lipinski definition) is 1. The molecule has 21 heavy (non-hydrogen) atoms. The van der Waals surface area contributed by atoms with Gasteiger partial charge in [0, 0.05) is 31.4 Å². The summed E-state index contributed by atoms with van der Waals surface area (Å²) in [7, 11) is 0. The fraction of sp³-hybridized carbons (Fsp3) is 0.647.